The fraction of sp³-hybridized carbons (Fsp3) is 0. The summed E-state index contributed by atoms with van der Waals surface area (Å²) in [5, 5.41) is 1.93. The van der Waals surface area contributed by atoms with E-state index in [9.17, 15) is 0 Å². The Kier molecular flexibility index (Phi) is 3.67. The molecule has 44 valence electrons. The number of thiophene rings is 1. The van der Waals surface area contributed by atoms with Crippen LogP contribution in [0.4, 0.5) is 0 Å². The van der Waals surface area contributed by atoms with Crippen LogP contribution in [-0.2, 0) is 0 Å². The molecule has 2 aromatic heterocycles. The maximum Gasteiger partial charge on any atom is 1.00 e. The molecule has 1 nitrogen and oxygen atoms in total. The van der Waals surface area contributed by atoms with Gasteiger partial charge in [-0.25, -0.2) is 6.07 Å². The molecule has 0 aliphatic heterocycles. The van der Waals surface area contributed by atoms with Gasteiger partial charge in [-0.3, -0.25) is 16.3 Å². The molecule has 2 aromatic rings. The Hall–Kier alpha value is 0.915. The topological polar surface area (TPSA) is 12.9 Å². The number of aromatic nitrogens is 1. The number of rotatable bonds is 0. The van der Waals surface area contributed by atoms with E-state index in [1.165, 1.54) is 4.70 Å². The Morgan fingerprint density at radius 3 is 3.20 bits per heavy atom. The second kappa shape index (κ2) is 4.07. The first-order valence-electron chi connectivity index (χ1n) is 2.67. The Morgan fingerprint density at radius 1 is 1.50 bits per heavy atom. The molecule has 0 fully saturated rings. The van der Waals surface area contributed by atoms with Gasteiger partial charge < -0.3 is 0 Å². The normalized spacial score (nSPS) is 9.20. The summed E-state index contributed by atoms with van der Waals surface area (Å²) in [4.78, 5) is 4.10. The van der Waals surface area contributed by atoms with E-state index in [0.29, 0.717) is 0 Å². The third kappa shape index (κ3) is 1.74. The molecular formula is C7H4NRbS. The van der Waals surface area contributed by atoms with Crippen LogP contribution in [0.1, 0.15) is 0 Å². The van der Waals surface area contributed by atoms with Gasteiger partial charge in [0.2, 0.25) is 0 Å². The first-order chi connectivity index (χ1) is 4.47. The van der Waals surface area contributed by atoms with Crippen LogP contribution in [0.3, 0.4) is 0 Å². The third-order valence-electron chi connectivity index (χ3n) is 1.15. The molecule has 0 bridgehead atoms. The van der Waals surface area contributed by atoms with Crippen molar-refractivity contribution in [1.82, 2.24) is 4.98 Å². The standard InChI is InChI=1S/C7H4NS.Rb/c1-2-7-6(8-4-1)3-5-9-7;/h1-2,4-5H;/q-1;+1. The Bertz CT molecular complexity index is 288. The second-order valence-corrected chi connectivity index (χ2v) is 2.64. The van der Waals surface area contributed by atoms with Crippen molar-refractivity contribution < 1.29 is 58.2 Å². The summed E-state index contributed by atoms with van der Waals surface area (Å²) in [5.74, 6) is 0. The molecule has 3 heteroatoms. The van der Waals surface area contributed by atoms with Crippen LogP contribution in [-0.4, -0.2) is 4.98 Å². The Morgan fingerprint density at radius 2 is 2.40 bits per heavy atom. The van der Waals surface area contributed by atoms with Crippen molar-refractivity contribution in [2.75, 3.05) is 0 Å². The quantitative estimate of drug-likeness (QED) is 0.524. The number of fused-ring (bicyclic) bond motifs is 1. The summed E-state index contributed by atoms with van der Waals surface area (Å²) in [5.41, 5.74) is 0.975. The number of nitrogens with zero attached hydrogens (tertiary/aromatic N) is 1. The molecule has 0 saturated heterocycles. The van der Waals surface area contributed by atoms with Crippen molar-refractivity contribution in [3.63, 3.8) is 0 Å². The Labute approximate surface area is 112 Å². The molecule has 2 heterocycles. The maximum atomic E-state index is 4.10. The molecule has 0 amide bonds. The van der Waals surface area contributed by atoms with Gasteiger partial charge in [-0.05, 0) is 0 Å². The maximum absolute atomic E-state index is 4.10. The average molecular weight is 220 g/mol. The minimum atomic E-state index is 0. The van der Waals surface area contributed by atoms with E-state index >= 15 is 0 Å². The smallest absolute Gasteiger partial charge is 0.295 e. The Balaban J connectivity index is 0.000000500. The molecule has 0 aliphatic carbocycles. The average Bonchev–Trinajstić information content (AvgIpc) is 2.33. The summed E-state index contributed by atoms with van der Waals surface area (Å²) >= 11 is 1.67. The van der Waals surface area contributed by atoms with Crippen molar-refractivity contribution in [1.29, 1.82) is 0 Å². The fourth-order valence-electron chi connectivity index (χ4n) is 0.743. The van der Waals surface area contributed by atoms with Crippen LogP contribution in [0.5, 0.6) is 0 Å². The van der Waals surface area contributed by atoms with Gasteiger partial charge in [0, 0.05) is 6.20 Å². The van der Waals surface area contributed by atoms with E-state index in [2.05, 4.69) is 11.1 Å². The number of pyridine rings is 1. The van der Waals surface area contributed by atoms with Crippen molar-refractivity contribution in [2.45, 2.75) is 0 Å². The molecule has 0 aromatic carbocycles. The summed E-state index contributed by atoms with van der Waals surface area (Å²) in [6.07, 6.45) is 1.78. The van der Waals surface area contributed by atoms with Crippen molar-refractivity contribution in [3.05, 3.63) is 29.8 Å². The molecule has 10 heavy (non-hydrogen) atoms. The van der Waals surface area contributed by atoms with E-state index in [4.69, 9.17) is 0 Å². The second-order valence-electron chi connectivity index (χ2n) is 1.73. The minimum Gasteiger partial charge on any atom is -0.295 e. The van der Waals surface area contributed by atoms with Gasteiger partial charge in [0.25, 0.3) is 0 Å². The molecule has 0 spiro atoms. The predicted molar refractivity (Wildman–Crippen MR) is 38.5 cm³/mol. The first-order valence-corrected chi connectivity index (χ1v) is 3.55. The van der Waals surface area contributed by atoms with Crippen LogP contribution >= 0.6 is 11.3 Å². The van der Waals surface area contributed by atoms with Crippen molar-refractivity contribution >= 4 is 21.6 Å². The van der Waals surface area contributed by atoms with Crippen molar-refractivity contribution in [2.24, 2.45) is 0 Å². The van der Waals surface area contributed by atoms with Gasteiger partial charge in [0.05, 0.1) is 0 Å². The summed E-state index contributed by atoms with van der Waals surface area (Å²) < 4.78 is 1.21. The molecular weight excluding hydrogens is 216 g/mol. The fourth-order valence-corrected chi connectivity index (χ4v) is 1.42. The zero-order valence-electron chi connectivity index (χ0n) is 5.66. The van der Waals surface area contributed by atoms with E-state index in [0.717, 1.165) is 5.52 Å². The van der Waals surface area contributed by atoms with Crippen molar-refractivity contribution in [3.8, 4) is 0 Å². The molecule has 0 radical (unpaired) electrons. The zero-order valence-corrected chi connectivity index (χ0v) is 11.4. The zero-order chi connectivity index (χ0) is 6.10. The summed E-state index contributed by atoms with van der Waals surface area (Å²) in [7, 11) is 0. The largest absolute Gasteiger partial charge is 1.00 e. The molecule has 0 atom stereocenters. The number of hydrogen-bond donors (Lipinski definition) is 0. The van der Waals surface area contributed by atoms with Crippen LogP contribution < -0.4 is 58.2 Å². The SMILES string of the molecule is [Rb+].[c-]1csc2cccnc12. The van der Waals surface area contributed by atoms with Gasteiger partial charge in [-0.15, -0.1) is 11.4 Å². The van der Waals surface area contributed by atoms with Gasteiger partial charge in [-0.1, -0.05) is 16.3 Å². The van der Waals surface area contributed by atoms with Gasteiger partial charge in [0.15, 0.2) is 0 Å². The molecule has 0 N–H and O–H groups in total. The minimum absolute atomic E-state index is 0. The van der Waals surface area contributed by atoms with E-state index in [1.54, 1.807) is 17.5 Å². The predicted octanol–water partition coefficient (Wildman–Crippen LogP) is -0.900. The monoisotopic (exact) mass is 219 g/mol. The van der Waals surface area contributed by atoms with Crippen LogP contribution in [0.25, 0.3) is 10.2 Å². The first kappa shape index (κ1) is 9.01. The van der Waals surface area contributed by atoms with Crippen LogP contribution in [0, 0.1) is 6.07 Å². The molecule has 0 unspecified atom stereocenters. The molecule has 2 rings (SSSR count). The number of hydrogen-bond acceptors (Lipinski definition) is 2. The van der Waals surface area contributed by atoms with Gasteiger partial charge >= 0.3 is 58.2 Å². The van der Waals surface area contributed by atoms with Crippen LogP contribution in [0.2, 0.25) is 0 Å². The van der Waals surface area contributed by atoms with E-state index in [-0.39, 0.29) is 58.2 Å². The van der Waals surface area contributed by atoms with Gasteiger partial charge in [0.1, 0.15) is 0 Å². The van der Waals surface area contributed by atoms with E-state index in [1.807, 2.05) is 17.5 Å². The van der Waals surface area contributed by atoms with E-state index < -0.39 is 0 Å². The van der Waals surface area contributed by atoms with Gasteiger partial charge in [-0.2, -0.15) is 0 Å². The summed E-state index contributed by atoms with van der Waals surface area (Å²) in [6.45, 7) is 0. The molecule has 0 aliphatic rings. The molecule has 0 saturated carbocycles. The third-order valence-corrected chi connectivity index (χ3v) is 1.97. The summed E-state index contributed by atoms with van der Waals surface area (Å²) in [6, 6.07) is 7.01. The van der Waals surface area contributed by atoms with Crippen LogP contribution in [0.15, 0.2) is 23.7 Å².